The molecule has 6 heteroatoms. The average Bonchev–Trinajstić information content (AvgIpc) is 3.95. The first-order valence-electron chi connectivity index (χ1n) is 19.0. The van der Waals surface area contributed by atoms with E-state index in [1.54, 1.807) is 0 Å². The first-order valence-corrected chi connectivity index (χ1v) is 19.0. The summed E-state index contributed by atoms with van der Waals surface area (Å²) >= 11 is 0. The Morgan fingerprint density at radius 2 is 0.754 bits per heavy atom. The van der Waals surface area contributed by atoms with Gasteiger partial charge in [0.05, 0.1) is 11.0 Å². The second-order valence-electron chi connectivity index (χ2n) is 14.4. The summed E-state index contributed by atoms with van der Waals surface area (Å²) in [6.07, 6.45) is 0. The highest BCUT2D eigenvalue weighted by molar-refractivity contribution is 6.12. The third-order valence-corrected chi connectivity index (χ3v) is 11.1. The van der Waals surface area contributed by atoms with Crippen LogP contribution in [-0.2, 0) is 0 Å². The highest BCUT2D eigenvalue weighted by Crippen LogP contribution is 2.39. The smallest absolute Gasteiger partial charge is 0.164 e. The fourth-order valence-corrected chi connectivity index (χ4v) is 8.32. The number of hydrogen-bond donors (Lipinski definition) is 0. The van der Waals surface area contributed by atoms with Gasteiger partial charge in [-0.05, 0) is 83.9 Å². The highest BCUT2D eigenvalue weighted by atomic mass is 16.3. The largest absolute Gasteiger partial charge is 0.456 e. The molecule has 6 nitrogen and oxygen atoms in total. The van der Waals surface area contributed by atoms with Crippen LogP contribution in [0.3, 0.4) is 0 Å². The molecule has 12 aromatic rings. The Hall–Kier alpha value is -7.83. The molecule has 266 valence electrons. The minimum absolute atomic E-state index is 0.608. The molecule has 0 fully saturated rings. The van der Waals surface area contributed by atoms with E-state index in [1.807, 2.05) is 84.9 Å². The predicted octanol–water partition coefficient (Wildman–Crippen LogP) is 13.4. The maximum Gasteiger partial charge on any atom is 0.164 e. The molecule has 0 radical (unpaired) electrons. The van der Waals surface area contributed by atoms with Gasteiger partial charge in [-0.15, -0.1) is 0 Å². The van der Waals surface area contributed by atoms with Crippen LogP contribution >= 0.6 is 0 Å². The Bertz CT molecular complexity index is 3470. The summed E-state index contributed by atoms with van der Waals surface area (Å²) in [7, 11) is 0. The van der Waals surface area contributed by atoms with E-state index in [2.05, 4.69) is 102 Å². The van der Waals surface area contributed by atoms with E-state index >= 15 is 0 Å². The zero-order valence-corrected chi connectivity index (χ0v) is 30.4. The van der Waals surface area contributed by atoms with Crippen LogP contribution < -0.4 is 0 Å². The van der Waals surface area contributed by atoms with Crippen molar-refractivity contribution >= 4 is 65.7 Å². The minimum Gasteiger partial charge on any atom is -0.456 e. The van der Waals surface area contributed by atoms with Crippen molar-refractivity contribution < 1.29 is 8.83 Å². The van der Waals surface area contributed by atoms with Crippen LogP contribution in [0.4, 0.5) is 0 Å². The Kier molecular flexibility index (Phi) is 6.83. The molecule has 0 unspecified atom stereocenters. The Morgan fingerprint density at radius 3 is 1.44 bits per heavy atom. The fraction of sp³-hybridized carbons (Fsp3) is 0. The standard InChI is InChI=1S/C51H30N4O2/c1-3-11-31(12-4-1)49-52-50(32-13-5-2-6-14-32)54-51(53-49)35-21-25-47-41(29-35)40-28-34(20-24-46(40)57-47)33-19-23-44-39(27-33)37-15-7-9-17-43(37)55(44)36-22-26-48-42(30-36)38-16-8-10-18-45(38)56-48/h1-30H. The summed E-state index contributed by atoms with van der Waals surface area (Å²) in [6.45, 7) is 0. The first-order chi connectivity index (χ1) is 28.2. The van der Waals surface area contributed by atoms with E-state index in [0.717, 1.165) is 88.4 Å². The maximum atomic E-state index is 6.39. The van der Waals surface area contributed by atoms with Crippen molar-refractivity contribution in [3.63, 3.8) is 0 Å². The van der Waals surface area contributed by atoms with Crippen LogP contribution in [0.15, 0.2) is 191 Å². The highest BCUT2D eigenvalue weighted by Gasteiger charge is 2.18. The molecular weight excluding hydrogens is 701 g/mol. The fourth-order valence-electron chi connectivity index (χ4n) is 8.32. The zero-order chi connectivity index (χ0) is 37.5. The van der Waals surface area contributed by atoms with Crippen LogP contribution in [0.2, 0.25) is 0 Å². The summed E-state index contributed by atoms with van der Waals surface area (Å²) in [5.74, 6) is 1.87. The molecule has 4 aromatic heterocycles. The van der Waals surface area contributed by atoms with Gasteiger partial charge in [0.25, 0.3) is 0 Å². The lowest BCUT2D eigenvalue weighted by Gasteiger charge is -2.09. The summed E-state index contributed by atoms with van der Waals surface area (Å²) in [5.41, 5.74) is 11.8. The molecule has 0 aliphatic heterocycles. The molecule has 0 aliphatic carbocycles. The lowest BCUT2D eigenvalue weighted by Crippen LogP contribution is -2.00. The molecule has 57 heavy (non-hydrogen) atoms. The Morgan fingerprint density at radius 1 is 0.298 bits per heavy atom. The van der Waals surface area contributed by atoms with Crippen LogP contribution in [0.5, 0.6) is 0 Å². The van der Waals surface area contributed by atoms with Crippen LogP contribution in [0.25, 0.3) is 117 Å². The van der Waals surface area contributed by atoms with Gasteiger partial charge in [-0.2, -0.15) is 0 Å². The molecule has 0 spiro atoms. The van der Waals surface area contributed by atoms with Gasteiger partial charge in [0.2, 0.25) is 0 Å². The van der Waals surface area contributed by atoms with Gasteiger partial charge in [-0.3, -0.25) is 0 Å². The summed E-state index contributed by atoms with van der Waals surface area (Å²) in [5, 5.41) is 6.67. The number of benzene rings is 8. The van der Waals surface area contributed by atoms with E-state index in [4.69, 9.17) is 23.8 Å². The quantitative estimate of drug-likeness (QED) is 0.176. The number of aromatic nitrogens is 4. The number of nitrogens with zero attached hydrogens (tertiary/aromatic N) is 4. The lowest BCUT2D eigenvalue weighted by atomic mass is 10.00. The van der Waals surface area contributed by atoms with E-state index < -0.39 is 0 Å². The van der Waals surface area contributed by atoms with Gasteiger partial charge in [0.15, 0.2) is 17.5 Å². The molecule has 0 saturated heterocycles. The van der Waals surface area contributed by atoms with Crippen molar-refractivity contribution in [2.24, 2.45) is 0 Å². The zero-order valence-electron chi connectivity index (χ0n) is 30.4. The van der Waals surface area contributed by atoms with Crippen LogP contribution in [0.1, 0.15) is 0 Å². The van der Waals surface area contributed by atoms with Crippen molar-refractivity contribution in [1.29, 1.82) is 0 Å². The van der Waals surface area contributed by atoms with E-state index in [-0.39, 0.29) is 0 Å². The van der Waals surface area contributed by atoms with Crippen molar-refractivity contribution in [3.05, 3.63) is 182 Å². The van der Waals surface area contributed by atoms with E-state index in [9.17, 15) is 0 Å². The Balaban J connectivity index is 0.984. The summed E-state index contributed by atoms with van der Waals surface area (Å²) < 4.78 is 14.9. The monoisotopic (exact) mass is 730 g/mol. The number of furan rings is 2. The molecule has 0 saturated carbocycles. The SMILES string of the molecule is c1ccc(-c2nc(-c3ccccc3)nc(-c3ccc4oc5ccc(-c6ccc7c(c6)c6ccccc6n7-c6ccc7oc8ccccc8c7c6)cc5c4c3)n2)cc1. The van der Waals surface area contributed by atoms with Crippen LogP contribution in [-0.4, -0.2) is 19.5 Å². The summed E-state index contributed by atoms with van der Waals surface area (Å²) in [6, 6.07) is 62.9. The van der Waals surface area contributed by atoms with Gasteiger partial charge < -0.3 is 13.4 Å². The second kappa shape index (κ2) is 12.3. The van der Waals surface area contributed by atoms with Gasteiger partial charge in [-0.1, -0.05) is 109 Å². The number of fused-ring (bicyclic) bond motifs is 9. The number of hydrogen-bond acceptors (Lipinski definition) is 5. The topological polar surface area (TPSA) is 69.9 Å². The third kappa shape index (κ3) is 5.08. The van der Waals surface area contributed by atoms with E-state index in [0.29, 0.717) is 17.5 Å². The van der Waals surface area contributed by atoms with Gasteiger partial charge in [0.1, 0.15) is 22.3 Å². The molecular formula is C51H30N4O2. The predicted molar refractivity (Wildman–Crippen MR) is 230 cm³/mol. The van der Waals surface area contributed by atoms with Gasteiger partial charge in [-0.25, -0.2) is 15.0 Å². The first kappa shape index (κ1) is 31.5. The van der Waals surface area contributed by atoms with E-state index in [1.165, 1.54) is 10.8 Å². The maximum absolute atomic E-state index is 6.39. The molecule has 4 heterocycles. The van der Waals surface area contributed by atoms with Crippen molar-refractivity contribution in [2.45, 2.75) is 0 Å². The van der Waals surface area contributed by atoms with Crippen molar-refractivity contribution in [1.82, 2.24) is 19.5 Å². The molecule has 0 amide bonds. The number of rotatable bonds is 5. The normalized spacial score (nSPS) is 11.9. The average molecular weight is 731 g/mol. The van der Waals surface area contributed by atoms with Crippen LogP contribution in [0, 0.1) is 0 Å². The van der Waals surface area contributed by atoms with Crippen molar-refractivity contribution in [2.75, 3.05) is 0 Å². The molecule has 0 bridgehead atoms. The molecule has 0 N–H and O–H groups in total. The van der Waals surface area contributed by atoms with Gasteiger partial charge in [0, 0.05) is 54.7 Å². The minimum atomic E-state index is 0.608. The second-order valence-corrected chi connectivity index (χ2v) is 14.4. The molecule has 0 atom stereocenters. The molecule has 8 aromatic carbocycles. The Labute approximate surface area is 325 Å². The molecule has 0 aliphatic rings. The van der Waals surface area contributed by atoms with Gasteiger partial charge >= 0.3 is 0 Å². The summed E-state index contributed by atoms with van der Waals surface area (Å²) in [4.78, 5) is 14.8. The number of para-hydroxylation sites is 2. The lowest BCUT2D eigenvalue weighted by molar-refractivity contribution is 0.668. The molecule has 12 rings (SSSR count). The van der Waals surface area contributed by atoms with Crippen molar-refractivity contribution in [3.8, 4) is 51.0 Å². The third-order valence-electron chi connectivity index (χ3n) is 11.1.